The molecule has 4 rings (SSSR count). The van der Waals surface area contributed by atoms with Gasteiger partial charge in [0.05, 0.1) is 38.1 Å². The van der Waals surface area contributed by atoms with Gasteiger partial charge in [0.15, 0.2) is 0 Å². The smallest absolute Gasteiger partial charge is 0.261 e. The molecule has 2 aliphatic rings. The van der Waals surface area contributed by atoms with E-state index in [9.17, 15) is 13.8 Å². The molecule has 2 aromatic carbocycles. The third kappa shape index (κ3) is 4.00. The number of fused-ring (bicyclic) bond motifs is 2. The van der Waals surface area contributed by atoms with E-state index in [1.807, 2.05) is 18.2 Å². The molecule has 30 heavy (non-hydrogen) atoms. The zero-order chi connectivity index (χ0) is 21.1. The minimum atomic E-state index is -1.15. The summed E-state index contributed by atoms with van der Waals surface area (Å²) in [7, 11) is -1.15. The molecule has 0 radical (unpaired) electrons. The molecule has 2 aromatic rings. The van der Waals surface area contributed by atoms with Crippen LogP contribution in [0.4, 0.5) is 5.69 Å². The molecule has 2 amide bonds. The van der Waals surface area contributed by atoms with Gasteiger partial charge in [-0.1, -0.05) is 31.2 Å². The molecule has 0 N–H and O–H groups in total. The number of nitrogens with zero attached hydrogens (tertiary/aromatic N) is 3. The van der Waals surface area contributed by atoms with Gasteiger partial charge in [-0.15, -0.1) is 0 Å². The quantitative estimate of drug-likeness (QED) is 0.580. The van der Waals surface area contributed by atoms with E-state index >= 15 is 0 Å². The second kappa shape index (κ2) is 9.02. The monoisotopic (exact) mass is 423 g/mol. The summed E-state index contributed by atoms with van der Waals surface area (Å²) in [6.07, 6.45) is 2.55. The number of carbonyl (C=O) groups is 2. The molecule has 0 fully saturated rings. The van der Waals surface area contributed by atoms with Crippen molar-refractivity contribution in [3.63, 3.8) is 0 Å². The molecule has 0 saturated heterocycles. The Bertz CT molecular complexity index is 999. The van der Waals surface area contributed by atoms with Crippen molar-refractivity contribution in [3.05, 3.63) is 59.2 Å². The summed E-state index contributed by atoms with van der Waals surface area (Å²) in [6, 6.07) is 12.9. The van der Waals surface area contributed by atoms with Crippen molar-refractivity contribution in [2.24, 2.45) is 4.99 Å². The van der Waals surface area contributed by atoms with Gasteiger partial charge in [-0.05, 0) is 56.1 Å². The van der Waals surface area contributed by atoms with Crippen molar-refractivity contribution in [2.45, 2.75) is 31.1 Å². The fourth-order valence-corrected chi connectivity index (χ4v) is 5.15. The van der Waals surface area contributed by atoms with Crippen molar-refractivity contribution in [1.29, 1.82) is 0 Å². The van der Waals surface area contributed by atoms with Crippen molar-refractivity contribution >= 4 is 33.8 Å². The molecule has 1 atom stereocenters. The number of aliphatic imine (C=N–C) groups is 1. The second-order valence-electron chi connectivity index (χ2n) is 7.55. The van der Waals surface area contributed by atoms with Crippen LogP contribution in [0.1, 0.15) is 46.0 Å². The predicted octanol–water partition coefficient (Wildman–Crippen LogP) is 3.41. The Kier molecular flexibility index (Phi) is 6.20. The van der Waals surface area contributed by atoms with Crippen LogP contribution in [0.5, 0.6) is 0 Å². The highest BCUT2D eigenvalue weighted by molar-refractivity contribution is 7.99. The first-order valence-electron chi connectivity index (χ1n) is 10.3. The maximum atomic E-state index is 12.5. The molecule has 0 bridgehead atoms. The first kappa shape index (κ1) is 20.6. The van der Waals surface area contributed by atoms with Gasteiger partial charge in [-0.3, -0.25) is 14.5 Å². The van der Waals surface area contributed by atoms with Gasteiger partial charge in [0.2, 0.25) is 0 Å². The Hall–Kier alpha value is -2.64. The predicted molar refractivity (Wildman–Crippen MR) is 118 cm³/mol. The summed E-state index contributed by atoms with van der Waals surface area (Å²) in [5, 5.41) is 0. The van der Waals surface area contributed by atoms with E-state index in [1.54, 1.807) is 24.3 Å². The van der Waals surface area contributed by atoms with E-state index in [1.165, 1.54) is 10.4 Å². The topological polar surface area (TPSA) is 70.1 Å². The van der Waals surface area contributed by atoms with E-state index in [0.29, 0.717) is 17.7 Å². The van der Waals surface area contributed by atoms with Crippen LogP contribution < -0.4 is 0 Å². The Labute approximate surface area is 179 Å². The number of carbonyl (C=O) groups excluding carboxylic acids is 2. The van der Waals surface area contributed by atoms with Gasteiger partial charge >= 0.3 is 0 Å². The Balaban J connectivity index is 1.33. The van der Waals surface area contributed by atoms with E-state index in [-0.39, 0.29) is 11.8 Å². The molecular weight excluding hydrogens is 398 g/mol. The largest absolute Gasteiger partial charge is 0.303 e. The summed E-state index contributed by atoms with van der Waals surface area (Å²) in [6.45, 7) is 5.14. The van der Waals surface area contributed by atoms with E-state index < -0.39 is 10.8 Å². The van der Waals surface area contributed by atoms with Crippen molar-refractivity contribution in [2.75, 3.05) is 26.2 Å². The van der Waals surface area contributed by atoms with Crippen LogP contribution >= 0.6 is 0 Å². The maximum Gasteiger partial charge on any atom is 0.261 e. The minimum absolute atomic E-state index is 0.194. The minimum Gasteiger partial charge on any atom is -0.303 e. The lowest BCUT2D eigenvalue weighted by molar-refractivity contribution is 0.0647. The van der Waals surface area contributed by atoms with Crippen LogP contribution in [0.15, 0.2) is 52.4 Å². The number of imide groups is 1. The van der Waals surface area contributed by atoms with Gasteiger partial charge < -0.3 is 4.90 Å². The normalized spacial score (nSPS) is 17.1. The molecule has 1 unspecified atom stereocenters. The molecule has 0 aromatic heterocycles. The highest BCUT2D eigenvalue weighted by Crippen LogP contribution is 2.31. The molecular formula is C23H25N3O3S. The summed E-state index contributed by atoms with van der Waals surface area (Å²) in [5.74, 6) is -0.389. The fourth-order valence-electron chi connectivity index (χ4n) is 4.08. The van der Waals surface area contributed by atoms with Gasteiger partial charge in [-0.25, -0.2) is 9.20 Å². The van der Waals surface area contributed by atoms with Crippen LogP contribution in [0.3, 0.4) is 0 Å². The standard InChI is InChI=1S/C23H25N3O3S/c1-2-12-25(15-11-17-7-5-10-20-21(17)30(29)16-24-20)13-6-14-26-22(27)18-8-3-4-9-19(18)23(26)28/h3-5,7-10,16H,2,6,11-15H2,1H3. The first-order valence-corrected chi connectivity index (χ1v) is 11.6. The summed E-state index contributed by atoms with van der Waals surface area (Å²) < 4.78 is 12.2. The summed E-state index contributed by atoms with van der Waals surface area (Å²) >= 11 is 0. The molecule has 0 saturated carbocycles. The lowest BCUT2D eigenvalue weighted by atomic mass is 10.1. The third-order valence-electron chi connectivity index (χ3n) is 5.54. The summed E-state index contributed by atoms with van der Waals surface area (Å²) in [5.41, 5.74) is 4.38. The van der Waals surface area contributed by atoms with Gasteiger partial charge in [-0.2, -0.15) is 0 Å². The van der Waals surface area contributed by atoms with Crippen LogP contribution in [0.2, 0.25) is 0 Å². The Morgan fingerprint density at radius 1 is 0.967 bits per heavy atom. The zero-order valence-electron chi connectivity index (χ0n) is 17.0. The third-order valence-corrected chi connectivity index (χ3v) is 6.71. The molecule has 2 heterocycles. The lowest BCUT2D eigenvalue weighted by Gasteiger charge is -2.23. The lowest BCUT2D eigenvalue weighted by Crippen LogP contribution is -2.34. The average molecular weight is 424 g/mol. The molecule has 0 spiro atoms. The van der Waals surface area contributed by atoms with Gasteiger partial charge in [0, 0.05) is 13.1 Å². The average Bonchev–Trinajstić information content (AvgIpc) is 3.25. The SMILES string of the molecule is CCCN(CCCN1C(=O)c2ccccc2C1=O)CCc1cccc2c1S(=O)C=N2. The highest BCUT2D eigenvalue weighted by atomic mass is 32.2. The van der Waals surface area contributed by atoms with Crippen LogP contribution in [-0.4, -0.2) is 57.5 Å². The summed E-state index contributed by atoms with van der Waals surface area (Å²) in [4.78, 5) is 33.8. The van der Waals surface area contributed by atoms with Crippen LogP contribution in [-0.2, 0) is 17.2 Å². The Morgan fingerprint density at radius 2 is 1.70 bits per heavy atom. The number of hydrogen-bond donors (Lipinski definition) is 0. The highest BCUT2D eigenvalue weighted by Gasteiger charge is 2.34. The first-order chi connectivity index (χ1) is 14.6. The van der Waals surface area contributed by atoms with Crippen molar-refractivity contribution in [3.8, 4) is 0 Å². The van der Waals surface area contributed by atoms with E-state index in [4.69, 9.17) is 0 Å². The van der Waals surface area contributed by atoms with Crippen molar-refractivity contribution in [1.82, 2.24) is 9.80 Å². The van der Waals surface area contributed by atoms with Crippen LogP contribution in [0.25, 0.3) is 0 Å². The molecule has 0 aliphatic carbocycles. The number of rotatable bonds is 9. The van der Waals surface area contributed by atoms with E-state index in [2.05, 4.69) is 16.8 Å². The number of benzene rings is 2. The van der Waals surface area contributed by atoms with Gasteiger partial charge in [0.25, 0.3) is 11.8 Å². The molecule has 2 aliphatic heterocycles. The van der Waals surface area contributed by atoms with Crippen molar-refractivity contribution < 1.29 is 13.8 Å². The molecule has 7 heteroatoms. The van der Waals surface area contributed by atoms with Gasteiger partial charge in [0.1, 0.15) is 0 Å². The second-order valence-corrected chi connectivity index (χ2v) is 8.76. The Morgan fingerprint density at radius 3 is 2.40 bits per heavy atom. The maximum absolute atomic E-state index is 12.5. The van der Waals surface area contributed by atoms with E-state index in [0.717, 1.165) is 55.0 Å². The molecule has 156 valence electrons. The fraction of sp³-hybridized carbons (Fsp3) is 0.348. The van der Waals surface area contributed by atoms with Crippen LogP contribution in [0, 0.1) is 0 Å². The molecule has 6 nitrogen and oxygen atoms in total. The number of hydrogen-bond acceptors (Lipinski definition) is 5. The number of amides is 2. The zero-order valence-corrected chi connectivity index (χ0v) is 17.9.